The first-order valence-corrected chi connectivity index (χ1v) is 11.2. The lowest BCUT2D eigenvalue weighted by Gasteiger charge is -2.38. The SMILES string of the molecule is CC1(C)OC(=O)N([C@H]2CC[C@H](n3c(=O)[nH]c4cc(C#N)c(F)cc43)CC2)[C@H]1c1ccccc1. The van der Waals surface area contributed by atoms with Crippen molar-refractivity contribution in [3.63, 3.8) is 0 Å². The average molecular weight is 448 g/mol. The van der Waals surface area contributed by atoms with E-state index in [-0.39, 0.29) is 35.5 Å². The van der Waals surface area contributed by atoms with Crippen LogP contribution < -0.4 is 5.69 Å². The molecule has 3 aromatic rings. The third kappa shape index (κ3) is 3.48. The summed E-state index contributed by atoms with van der Waals surface area (Å²) in [5, 5.41) is 9.07. The number of halogens is 1. The maximum absolute atomic E-state index is 14.3. The number of hydrogen-bond donors (Lipinski definition) is 1. The Hall–Kier alpha value is -3.60. The number of nitriles is 1. The van der Waals surface area contributed by atoms with Crippen LogP contribution in [0.3, 0.4) is 0 Å². The number of carbonyl (C=O) groups excluding carboxylic acids is 1. The number of aromatic amines is 1. The molecule has 1 saturated heterocycles. The van der Waals surface area contributed by atoms with Gasteiger partial charge in [-0.05, 0) is 51.2 Å². The zero-order chi connectivity index (χ0) is 23.3. The van der Waals surface area contributed by atoms with Gasteiger partial charge in [0.25, 0.3) is 0 Å². The van der Waals surface area contributed by atoms with E-state index in [2.05, 4.69) is 4.98 Å². The van der Waals surface area contributed by atoms with Crippen LogP contribution >= 0.6 is 0 Å². The molecule has 1 saturated carbocycles. The number of benzene rings is 2. The lowest BCUT2D eigenvalue weighted by Crippen LogP contribution is -2.43. The largest absolute Gasteiger partial charge is 0.441 e. The van der Waals surface area contributed by atoms with E-state index in [4.69, 9.17) is 10.00 Å². The van der Waals surface area contributed by atoms with Gasteiger partial charge in [-0.1, -0.05) is 30.3 Å². The Morgan fingerprint density at radius 3 is 2.42 bits per heavy atom. The molecule has 33 heavy (non-hydrogen) atoms. The van der Waals surface area contributed by atoms with E-state index in [0.29, 0.717) is 36.7 Å². The molecule has 5 rings (SSSR count). The van der Waals surface area contributed by atoms with Gasteiger partial charge in [0, 0.05) is 18.2 Å². The molecular weight excluding hydrogens is 423 g/mol. The molecule has 170 valence electrons. The molecule has 1 aliphatic carbocycles. The summed E-state index contributed by atoms with van der Waals surface area (Å²) in [6.45, 7) is 3.87. The highest BCUT2D eigenvalue weighted by Gasteiger charge is 2.51. The summed E-state index contributed by atoms with van der Waals surface area (Å²) in [6, 6.07) is 14.0. The second-order valence-corrected chi connectivity index (χ2v) is 9.42. The fourth-order valence-electron chi connectivity index (χ4n) is 5.52. The molecule has 1 amide bonds. The predicted molar refractivity (Wildman–Crippen MR) is 120 cm³/mol. The number of hydrogen-bond acceptors (Lipinski definition) is 4. The molecule has 0 unspecified atom stereocenters. The van der Waals surface area contributed by atoms with Gasteiger partial charge in [0.15, 0.2) is 0 Å². The van der Waals surface area contributed by atoms with Crippen LogP contribution in [0.5, 0.6) is 0 Å². The van der Waals surface area contributed by atoms with Gasteiger partial charge in [0.1, 0.15) is 17.5 Å². The smallest absolute Gasteiger partial charge is 0.411 e. The Morgan fingerprint density at radius 2 is 1.76 bits per heavy atom. The molecule has 1 aromatic heterocycles. The quantitative estimate of drug-likeness (QED) is 0.623. The molecule has 2 aromatic carbocycles. The number of nitrogens with zero attached hydrogens (tertiary/aromatic N) is 3. The minimum Gasteiger partial charge on any atom is -0.441 e. The zero-order valence-corrected chi connectivity index (χ0v) is 18.5. The van der Waals surface area contributed by atoms with E-state index >= 15 is 0 Å². The fraction of sp³-hybridized carbons (Fsp3) is 0.400. The Bertz CT molecular complexity index is 1310. The van der Waals surface area contributed by atoms with Gasteiger partial charge in [-0.2, -0.15) is 5.26 Å². The first-order valence-electron chi connectivity index (χ1n) is 11.2. The van der Waals surface area contributed by atoms with E-state index in [0.717, 1.165) is 5.56 Å². The number of carbonyl (C=O) groups is 1. The van der Waals surface area contributed by atoms with Crippen molar-refractivity contribution in [3.05, 3.63) is 69.9 Å². The number of nitrogens with one attached hydrogen (secondary N) is 1. The second kappa shape index (κ2) is 7.77. The van der Waals surface area contributed by atoms with Crippen molar-refractivity contribution in [2.45, 2.75) is 63.3 Å². The van der Waals surface area contributed by atoms with Gasteiger partial charge >= 0.3 is 11.8 Å². The maximum Gasteiger partial charge on any atom is 0.411 e. The van der Waals surface area contributed by atoms with E-state index < -0.39 is 11.4 Å². The van der Waals surface area contributed by atoms with Crippen molar-refractivity contribution in [1.29, 1.82) is 5.26 Å². The molecule has 7 nitrogen and oxygen atoms in total. The number of fused-ring (bicyclic) bond motifs is 1. The van der Waals surface area contributed by atoms with Crippen molar-refractivity contribution >= 4 is 17.1 Å². The monoisotopic (exact) mass is 448 g/mol. The van der Waals surface area contributed by atoms with Crippen LogP contribution in [-0.2, 0) is 4.74 Å². The summed E-state index contributed by atoms with van der Waals surface area (Å²) >= 11 is 0. The van der Waals surface area contributed by atoms with Crippen molar-refractivity contribution in [2.75, 3.05) is 0 Å². The van der Waals surface area contributed by atoms with E-state index in [1.807, 2.05) is 49.1 Å². The molecule has 1 aliphatic heterocycles. The number of ether oxygens (including phenoxy) is 1. The Labute approximate surface area is 190 Å². The molecule has 0 bridgehead atoms. The van der Waals surface area contributed by atoms with Crippen molar-refractivity contribution in [1.82, 2.24) is 14.5 Å². The topological polar surface area (TPSA) is 91.1 Å². The third-order valence-electron chi connectivity index (χ3n) is 6.96. The number of rotatable bonds is 3. The van der Waals surface area contributed by atoms with E-state index in [1.165, 1.54) is 12.1 Å². The summed E-state index contributed by atoms with van der Waals surface area (Å²) < 4.78 is 21.6. The standard InChI is InChI=1S/C25H25FN4O3/c1-25(2)22(15-6-4-3-5-7-15)30(24(32)33-25)18-10-8-17(9-11-18)29-21-13-19(26)16(14-27)12-20(21)28-23(29)31/h3-7,12-13,17-18,22H,8-11H2,1-2H3,(H,28,31)/t17-,18-,22-/m0/s1. The molecule has 0 spiro atoms. The van der Waals surface area contributed by atoms with Crippen molar-refractivity contribution in [3.8, 4) is 6.07 Å². The third-order valence-corrected chi connectivity index (χ3v) is 6.96. The average Bonchev–Trinajstić information content (AvgIpc) is 3.24. The zero-order valence-electron chi connectivity index (χ0n) is 18.5. The fourth-order valence-corrected chi connectivity index (χ4v) is 5.52. The summed E-state index contributed by atoms with van der Waals surface area (Å²) in [5.41, 5.74) is 0.887. The van der Waals surface area contributed by atoms with Gasteiger partial charge in [-0.3, -0.25) is 9.47 Å². The predicted octanol–water partition coefficient (Wildman–Crippen LogP) is 4.80. The van der Waals surface area contributed by atoms with Crippen LogP contribution in [0.2, 0.25) is 0 Å². The van der Waals surface area contributed by atoms with Crippen LogP contribution in [0.1, 0.15) is 62.7 Å². The Kier molecular flexibility index (Phi) is 5.00. The second-order valence-electron chi connectivity index (χ2n) is 9.42. The van der Waals surface area contributed by atoms with Crippen LogP contribution in [0.25, 0.3) is 11.0 Å². The van der Waals surface area contributed by atoms with Gasteiger partial charge in [-0.25, -0.2) is 14.0 Å². The number of aromatic nitrogens is 2. The summed E-state index contributed by atoms with van der Waals surface area (Å²) in [4.78, 5) is 30.2. The molecular formula is C25H25FN4O3. The molecule has 2 heterocycles. The normalized spacial score (nSPS) is 24.6. The molecule has 8 heteroatoms. The van der Waals surface area contributed by atoms with Crippen LogP contribution in [0.15, 0.2) is 47.3 Å². The number of imidazole rings is 1. The summed E-state index contributed by atoms with van der Waals surface area (Å²) in [5.74, 6) is -0.640. The van der Waals surface area contributed by atoms with E-state index in [1.54, 1.807) is 10.6 Å². The highest BCUT2D eigenvalue weighted by Crippen LogP contribution is 2.45. The molecule has 0 radical (unpaired) electrons. The van der Waals surface area contributed by atoms with Gasteiger partial charge < -0.3 is 9.72 Å². The van der Waals surface area contributed by atoms with Crippen molar-refractivity contribution in [2.24, 2.45) is 0 Å². The first-order chi connectivity index (χ1) is 15.8. The van der Waals surface area contributed by atoms with Gasteiger partial charge in [-0.15, -0.1) is 0 Å². The van der Waals surface area contributed by atoms with Gasteiger partial charge in [0.05, 0.1) is 22.6 Å². The number of amides is 1. The number of H-pyrrole nitrogens is 1. The maximum atomic E-state index is 14.3. The van der Waals surface area contributed by atoms with Crippen LogP contribution in [-0.4, -0.2) is 32.2 Å². The number of cyclic esters (lactones) is 1. The van der Waals surface area contributed by atoms with Crippen LogP contribution in [0.4, 0.5) is 9.18 Å². The van der Waals surface area contributed by atoms with Crippen molar-refractivity contribution < 1.29 is 13.9 Å². The van der Waals surface area contributed by atoms with Crippen LogP contribution in [0, 0.1) is 17.1 Å². The molecule has 2 aliphatic rings. The minimum atomic E-state index is -0.654. The minimum absolute atomic E-state index is 0.0106. The highest BCUT2D eigenvalue weighted by atomic mass is 19.1. The Balaban J connectivity index is 1.41. The lowest BCUT2D eigenvalue weighted by atomic mass is 9.86. The Morgan fingerprint density at radius 1 is 1.09 bits per heavy atom. The molecule has 1 N–H and O–H groups in total. The van der Waals surface area contributed by atoms with E-state index in [9.17, 15) is 14.0 Å². The lowest BCUT2D eigenvalue weighted by molar-refractivity contribution is 0.0662. The highest BCUT2D eigenvalue weighted by molar-refractivity contribution is 5.77. The van der Waals surface area contributed by atoms with Gasteiger partial charge in [0.2, 0.25) is 0 Å². The molecule has 2 fully saturated rings. The summed E-state index contributed by atoms with van der Waals surface area (Å²) in [7, 11) is 0. The molecule has 1 atom stereocenters. The summed E-state index contributed by atoms with van der Waals surface area (Å²) in [6.07, 6.45) is 2.44. The first kappa shape index (κ1) is 21.3.